The van der Waals surface area contributed by atoms with Gasteiger partial charge in [0.1, 0.15) is 5.65 Å². The summed E-state index contributed by atoms with van der Waals surface area (Å²) in [6, 6.07) is 17.1. The van der Waals surface area contributed by atoms with Gasteiger partial charge >= 0.3 is 0 Å². The summed E-state index contributed by atoms with van der Waals surface area (Å²) in [5.74, 6) is 2.61. The molecule has 1 saturated heterocycles. The van der Waals surface area contributed by atoms with Crippen molar-refractivity contribution < 1.29 is 8.42 Å². The number of benzene rings is 2. The van der Waals surface area contributed by atoms with Crippen molar-refractivity contribution in [2.24, 2.45) is 0 Å². The van der Waals surface area contributed by atoms with Gasteiger partial charge in [0.05, 0.1) is 11.3 Å². The number of hydrogen-bond donors (Lipinski definition) is 3. The van der Waals surface area contributed by atoms with Gasteiger partial charge in [0.15, 0.2) is 5.37 Å². The number of fused-ring (bicyclic) bond motifs is 2. The van der Waals surface area contributed by atoms with Crippen LogP contribution in [0.4, 0.5) is 23.0 Å². The summed E-state index contributed by atoms with van der Waals surface area (Å²) in [5.41, 5.74) is 2.77. The first-order chi connectivity index (χ1) is 19.3. The molecule has 11 heteroatoms. The number of pyridine rings is 1. The average Bonchev–Trinajstić information content (AvgIpc) is 2.97. The van der Waals surface area contributed by atoms with Crippen molar-refractivity contribution in [3.63, 3.8) is 0 Å². The third kappa shape index (κ3) is 4.76. The van der Waals surface area contributed by atoms with Crippen LogP contribution in [0, 0.1) is 12.3 Å². The van der Waals surface area contributed by atoms with E-state index in [2.05, 4.69) is 43.2 Å². The molecule has 0 saturated carbocycles. The summed E-state index contributed by atoms with van der Waals surface area (Å²) in [4.78, 5) is 24.8. The Bertz CT molecular complexity index is 1790. The number of para-hydroxylation sites is 1. The van der Waals surface area contributed by atoms with Crippen LogP contribution in [0.3, 0.4) is 0 Å². The number of aromatic nitrogens is 3. The predicted octanol–water partition coefficient (Wildman–Crippen LogP) is 3.20. The van der Waals surface area contributed by atoms with E-state index in [1.54, 1.807) is 12.1 Å². The summed E-state index contributed by atoms with van der Waals surface area (Å²) < 4.78 is 30.4. The monoisotopic (exact) mass is 555 g/mol. The van der Waals surface area contributed by atoms with Crippen molar-refractivity contribution in [1.82, 2.24) is 19.9 Å². The maximum Gasteiger partial charge on any atom is 0.269 e. The predicted molar refractivity (Wildman–Crippen MR) is 157 cm³/mol. The molecule has 0 bridgehead atoms. The molecule has 2 aliphatic rings. The lowest BCUT2D eigenvalue weighted by Gasteiger charge is -2.33. The molecule has 40 heavy (non-hydrogen) atoms. The van der Waals surface area contributed by atoms with Crippen molar-refractivity contribution in [2.45, 2.75) is 30.7 Å². The molecule has 6 rings (SSSR count). The second-order valence-corrected chi connectivity index (χ2v) is 11.9. The zero-order chi connectivity index (χ0) is 27.9. The molecule has 1 fully saturated rings. The lowest BCUT2D eigenvalue weighted by Crippen LogP contribution is -2.41. The minimum absolute atomic E-state index is 0.0410. The fraction of sp³-hybridized carbons (Fsp3) is 0.276. The second-order valence-electron chi connectivity index (χ2n) is 10.1. The first-order valence-corrected chi connectivity index (χ1v) is 14.7. The van der Waals surface area contributed by atoms with E-state index in [0.29, 0.717) is 17.1 Å². The van der Waals surface area contributed by atoms with Crippen molar-refractivity contribution in [3.05, 3.63) is 82.3 Å². The Hall–Kier alpha value is -4.40. The SMILES string of the molecule is C#Cc1cc2cnc(Nc3ccc(N(C)C4CCNCC4)cc3)nc2n(C2Cc3ccccc3NS2(=O)=O)c1=O. The topological polar surface area (TPSA) is 121 Å². The largest absolute Gasteiger partial charge is 0.372 e. The molecular weight excluding hydrogens is 526 g/mol. The molecule has 0 aliphatic carbocycles. The third-order valence-electron chi connectivity index (χ3n) is 7.63. The van der Waals surface area contributed by atoms with Gasteiger partial charge in [-0.05, 0) is 67.9 Å². The summed E-state index contributed by atoms with van der Waals surface area (Å²) in [5, 5.41) is 5.81. The molecule has 204 valence electrons. The molecule has 1 unspecified atom stereocenters. The highest BCUT2D eigenvalue weighted by atomic mass is 32.2. The highest BCUT2D eigenvalue weighted by Gasteiger charge is 2.35. The van der Waals surface area contributed by atoms with Crippen LogP contribution >= 0.6 is 0 Å². The Morgan fingerprint density at radius 1 is 1.12 bits per heavy atom. The van der Waals surface area contributed by atoms with E-state index < -0.39 is 21.0 Å². The normalized spacial score (nSPS) is 18.4. The van der Waals surface area contributed by atoms with Crippen LogP contribution in [-0.4, -0.2) is 49.1 Å². The maximum atomic E-state index is 13.5. The minimum atomic E-state index is -3.97. The van der Waals surface area contributed by atoms with Gasteiger partial charge < -0.3 is 15.5 Å². The van der Waals surface area contributed by atoms with Crippen LogP contribution in [0.1, 0.15) is 29.3 Å². The molecule has 3 N–H and O–H groups in total. The van der Waals surface area contributed by atoms with Crippen LogP contribution < -0.4 is 25.8 Å². The molecular formula is C29H29N7O3S. The minimum Gasteiger partial charge on any atom is -0.372 e. The van der Waals surface area contributed by atoms with Crippen molar-refractivity contribution in [1.29, 1.82) is 0 Å². The summed E-state index contributed by atoms with van der Waals surface area (Å²) in [6.07, 6.45) is 9.44. The van der Waals surface area contributed by atoms with E-state index >= 15 is 0 Å². The van der Waals surface area contributed by atoms with E-state index in [1.165, 1.54) is 16.8 Å². The van der Waals surface area contributed by atoms with Gasteiger partial charge in [-0.3, -0.25) is 14.1 Å². The van der Waals surface area contributed by atoms with Crippen LogP contribution in [-0.2, 0) is 16.4 Å². The Balaban J connectivity index is 1.35. The lowest BCUT2D eigenvalue weighted by atomic mass is 10.0. The standard InChI is InChI=1S/C29H29N7O3S/c1-3-19-16-21-18-31-29(32-22-8-10-23(11-9-22)35(2)24-12-14-30-15-13-24)33-27(21)36(28(19)37)26-17-20-6-4-5-7-25(20)34-40(26,38)39/h1,4-11,16,18,24,26,30,34H,12-15,17H2,2H3,(H,31,32,33). The highest BCUT2D eigenvalue weighted by molar-refractivity contribution is 7.92. The van der Waals surface area contributed by atoms with Gasteiger partial charge in [-0.1, -0.05) is 24.1 Å². The van der Waals surface area contributed by atoms with E-state index in [4.69, 9.17) is 6.42 Å². The molecule has 10 nitrogen and oxygen atoms in total. The Morgan fingerprint density at radius 3 is 2.62 bits per heavy atom. The lowest BCUT2D eigenvalue weighted by molar-refractivity contribution is 0.443. The van der Waals surface area contributed by atoms with Crippen molar-refractivity contribution >= 4 is 44.1 Å². The number of hydrogen-bond acceptors (Lipinski definition) is 8. The average molecular weight is 556 g/mol. The molecule has 2 aromatic carbocycles. The van der Waals surface area contributed by atoms with E-state index in [0.717, 1.165) is 42.9 Å². The van der Waals surface area contributed by atoms with Gasteiger partial charge in [-0.25, -0.2) is 13.4 Å². The van der Waals surface area contributed by atoms with E-state index in [1.807, 2.05) is 36.4 Å². The number of sulfonamides is 1. The highest BCUT2D eigenvalue weighted by Crippen LogP contribution is 2.33. The second kappa shape index (κ2) is 10.3. The summed E-state index contributed by atoms with van der Waals surface area (Å²) >= 11 is 0. The molecule has 0 radical (unpaired) electrons. The molecule has 1 atom stereocenters. The number of nitrogens with zero attached hydrogens (tertiary/aromatic N) is 4. The molecule has 0 spiro atoms. The van der Waals surface area contributed by atoms with E-state index in [9.17, 15) is 13.2 Å². The number of nitrogens with one attached hydrogen (secondary N) is 3. The fourth-order valence-electron chi connectivity index (χ4n) is 5.41. The molecule has 0 amide bonds. The fourth-order valence-corrected chi connectivity index (χ4v) is 6.93. The van der Waals surface area contributed by atoms with Crippen molar-refractivity contribution in [3.8, 4) is 12.3 Å². The molecule has 2 aliphatic heterocycles. The third-order valence-corrected chi connectivity index (χ3v) is 9.22. The molecule has 4 heterocycles. The smallest absolute Gasteiger partial charge is 0.269 e. The molecule has 2 aromatic heterocycles. The van der Waals surface area contributed by atoms with Gasteiger partial charge in [-0.15, -0.1) is 6.42 Å². The quantitative estimate of drug-likeness (QED) is 0.321. The van der Waals surface area contributed by atoms with Gasteiger partial charge in [0.25, 0.3) is 15.6 Å². The van der Waals surface area contributed by atoms with Crippen LogP contribution in [0.15, 0.2) is 65.6 Å². The summed E-state index contributed by atoms with van der Waals surface area (Å²) in [7, 11) is -1.86. The first-order valence-electron chi connectivity index (χ1n) is 13.1. The van der Waals surface area contributed by atoms with Crippen LogP contribution in [0.2, 0.25) is 0 Å². The maximum absolute atomic E-state index is 13.5. The zero-order valence-corrected chi connectivity index (χ0v) is 22.8. The number of rotatable bonds is 5. The van der Waals surface area contributed by atoms with Crippen LogP contribution in [0.5, 0.6) is 0 Å². The number of piperidine rings is 1. The summed E-state index contributed by atoms with van der Waals surface area (Å²) in [6.45, 7) is 2.04. The number of terminal acetylenes is 1. The number of anilines is 4. The molecule has 4 aromatic rings. The van der Waals surface area contributed by atoms with Crippen molar-refractivity contribution in [2.75, 3.05) is 35.1 Å². The first kappa shape index (κ1) is 25.9. The van der Waals surface area contributed by atoms with E-state index in [-0.39, 0.29) is 23.6 Å². The van der Waals surface area contributed by atoms with Gasteiger partial charge in [0.2, 0.25) is 5.95 Å². The Kier molecular flexibility index (Phi) is 6.65. The van der Waals surface area contributed by atoms with Crippen LogP contribution in [0.25, 0.3) is 11.0 Å². The van der Waals surface area contributed by atoms with Gasteiger partial charge in [0, 0.05) is 42.5 Å². The zero-order valence-electron chi connectivity index (χ0n) is 22.0. The van der Waals surface area contributed by atoms with Gasteiger partial charge in [-0.2, -0.15) is 4.98 Å². The Morgan fingerprint density at radius 2 is 1.88 bits per heavy atom. The Labute approximate surface area is 232 Å².